The van der Waals surface area contributed by atoms with Crippen molar-refractivity contribution in [3.05, 3.63) is 35.9 Å². The summed E-state index contributed by atoms with van der Waals surface area (Å²) in [6.45, 7) is 2.11. The van der Waals surface area contributed by atoms with E-state index in [-0.39, 0.29) is 12.7 Å². The molecule has 2 aliphatic rings. The third kappa shape index (κ3) is 3.83. The highest BCUT2D eigenvalue weighted by molar-refractivity contribution is 5.25. The van der Waals surface area contributed by atoms with E-state index in [1.807, 2.05) is 18.2 Å². The van der Waals surface area contributed by atoms with E-state index in [4.69, 9.17) is 9.47 Å². The van der Waals surface area contributed by atoms with Crippen molar-refractivity contribution < 1.29 is 14.6 Å². The maximum absolute atomic E-state index is 10.1. The first-order chi connectivity index (χ1) is 10.3. The molecular formula is C17H25NO3. The van der Waals surface area contributed by atoms with Crippen molar-refractivity contribution >= 4 is 0 Å². The molecule has 0 radical (unpaired) electrons. The number of hydrogen-bond donors (Lipinski definition) is 2. The van der Waals surface area contributed by atoms with E-state index >= 15 is 0 Å². The lowest BCUT2D eigenvalue weighted by Crippen LogP contribution is -2.51. The Morgan fingerprint density at radius 1 is 1.14 bits per heavy atom. The van der Waals surface area contributed by atoms with Crippen LogP contribution in [0.2, 0.25) is 0 Å². The Bertz CT molecular complexity index is 429. The van der Waals surface area contributed by atoms with E-state index in [0.29, 0.717) is 12.6 Å². The molecule has 1 heterocycles. The largest absolute Gasteiger partial charge is 0.394 e. The third-order valence-electron chi connectivity index (χ3n) is 4.39. The Morgan fingerprint density at radius 2 is 1.86 bits per heavy atom. The van der Waals surface area contributed by atoms with Crippen LogP contribution in [0.3, 0.4) is 0 Å². The summed E-state index contributed by atoms with van der Waals surface area (Å²) in [5.74, 6) is 0. The van der Waals surface area contributed by atoms with Crippen LogP contribution in [0.25, 0.3) is 0 Å². The van der Waals surface area contributed by atoms with E-state index in [2.05, 4.69) is 17.4 Å². The van der Waals surface area contributed by atoms with Crippen LogP contribution >= 0.6 is 0 Å². The van der Waals surface area contributed by atoms with Crippen LogP contribution in [0.1, 0.15) is 31.2 Å². The van der Waals surface area contributed by atoms with Crippen LogP contribution in [0.4, 0.5) is 0 Å². The van der Waals surface area contributed by atoms with Crippen molar-refractivity contribution in [3.63, 3.8) is 0 Å². The molecule has 21 heavy (non-hydrogen) atoms. The Balaban J connectivity index is 1.71. The number of aliphatic hydroxyl groups excluding tert-OH is 1. The molecule has 0 amide bonds. The lowest BCUT2D eigenvalue weighted by Gasteiger charge is -2.36. The quantitative estimate of drug-likeness (QED) is 0.804. The van der Waals surface area contributed by atoms with Gasteiger partial charge in [0.25, 0.3) is 0 Å². The normalized spacial score (nSPS) is 22.9. The summed E-state index contributed by atoms with van der Waals surface area (Å²) in [6, 6.07) is 10.7. The fourth-order valence-corrected chi connectivity index (χ4v) is 2.87. The van der Waals surface area contributed by atoms with Crippen LogP contribution in [0, 0.1) is 0 Å². The number of benzene rings is 1. The second-order valence-electron chi connectivity index (χ2n) is 6.15. The van der Waals surface area contributed by atoms with E-state index < -0.39 is 5.54 Å². The monoisotopic (exact) mass is 291 g/mol. The van der Waals surface area contributed by atoms with Gasteiger partial charge in [-0.15, -0.1) is 0 Å². The predicted molar refractivity (Wildman–Crippen MR) is 81.2 cm³/mol. The first-order valence-corrected chi connectivity index (χ1v) is 7.96. The number of aliphatic hydroxyl groups is 1. The van der Waals surface area contributed by atoms with Crippen LogP contribution < -0.4 is 5.32 Å². The van der Waals surface area contributed by atoms with Gasteiger partial charge in [0.05, 0.1) is 24.9 Å². The Hall–Kier alpha value is -0.940. The minimum absolute atomic E-state index is 0.0523. The van der Waals surface area contributed by atoms with Gasteiger partial charge in [0.15, 0.2) is 0 Å². The standard InChI is InChI=1S/C17H25NO3/c19-12-17(18-15-6-7-15,14-4-2-1-3-5-14)13-21-16-8-10-20-11-9-16/h1-5,15-16,18-19H,6-13H2. The molecular weight excluding hydrogens is 266 g/mol. The molecule has 1 saturated heterocycles. The number of rotatable bonds is 7. The van der Waals surface area contributed by atoms with E-state index in [1.54, 1.807) is 0 Å². The van der Waals surface area contributed by atoms with E-state index in [1.165, 1.54) is 12.8 Å². The van der Waals surface area contributed by atoms with Crippen LogP contribution in [0.5, 0.6) is 0 Å². The zero-order valence-electron chi connectivity index (χ0n) is 12.5. The third-order valence-corrected chi connectivity index (χ3v) is 4.39. The van der Waals surface area contributed by atoms with E-state index in [0.717, 1.165) is 31.6 Å². The average molecular weight is 291 g/mol. The van der Waals surface area contributed by atoms with Crippen molar-refractivity contribution in [2.45, 2.75) is 43.4 Å². The lowest BCUT2D eigenvalue weighted by atomic mass is 9.91. The molecule has 4 nitrogen and oxygen atoms in total. The molecule has 1 aromatic rings. The van der Waals surface area contributed by atoms with Crippen LogP contribution in [0.15, 0.2) is 30.3 Å². The fraction of sp³-hybridized carbons (Fsp3) is 0.647. The van der Waals surface area contributed by atoms with Gasteiger partial charge in [-0.25, -0.2) is 0 Å². The molecule has 2 N–H and O–H groups in total. The smallest absolute Gasteiger partial charge is 0.0908 e. The molecule has 1 aliphatic carbocycles. The summed E-state index contributed by atoms with van der Waals surface area (Å²) in [6.07, 6.45) is 4.51. The van der Waals surface area contributed by atoms with Crippen molar-refractivity contribution in [2.24, 2.45) is 0 Å². The van der Waals surface area contributed by atoms with Crippen molar-refractivity contribution in [2.75, 3.05) is 26.4 Å². The molecule has 116 valence electrons. The van der Waals surface area contributed by atoms with Gasteiger partial charge in [-0.3, -0.25) is 0 Å². The van der Waals surface area contributed by atoms with Gasteiger partial charge in [0.2, 0.25) is 0 Å². The summed E-state index contributed by atoms with van der Waals surface area (Å²) >= 11 is 0. The first-order valence-electron chi connectivity index (χ1n) is 7.96. The zero-order chi connectivity index (χ0) is 14.5. The minimum Gasteiger partial charge on any atom is -0.394 e. The van der Waals surface area contributed by atoms with Gasteiger partial charge in [0, 0.05) is 19.3 Å². The second kappa shape index (κ2) is 6.88. The zero-order valence-corrected chi connectivity index (χ0v) is 12.5. The summed E-state index contributed by atoms with van der Waals surface area (Å²) in [5.41, 5.74) is 0.618. The van der Waals surface area contributed by atoms with Crippen molar-refractivity contribution in [1.82, 2.24) is 5.32 Å². The van der Waals surface area contributed by atoms with Crippen LogP contribution in [-0.4, -0.2) is 43.7 Å². The van der Waals surface area contributed by atoms with Gasteiger partial charge in [-0.1, -0.05) is 30.3 Å². The van der Waals surface area contributed by atoms with Gasteiger partial charge in [-0.05, 0) is 31.2 Å². The highest BCUT2D eigenvalue weighted by atomic mass is 16.5. The maximum Gasteiger partial charge on any atom is 0.0908 e. The van der Waals surface area contributed by atoms with Gasteiger partial charge < -0.3 is 19.9 Å². The Morgan fingerprint density at radius 3 is 2.48 bits per heavy atom. The SMILES string of the molecule is OCC(COC1CCOCC1)(NC1CC1)c1ccccc1. The molecule has 2 fully saturated rings. The molecule has 4 heteroatoms. The molecule has 1 saturated carbocycles. The first kappa shape index (κ1) is 15.0. The average Bonchev–Trinajstić information content (AvgIpc) is 3.37. The minimum atomic E-state index is -0.485. The molecule has 0 spiro atoms. The summed E-state index contributed by atoms with van der Waals surface area (Å²) in [5, 5.41) is 13.7. The van der Waals surface area contributed by atoms with E-state index in [9.17, 15) is 5.11 Å². The summed E-state index contributed by atoms with van der Waals surface area (Å²) in [7, 11) is 0. The lowest BCUT2D eigenvalue weighted by molar-refractivity contribution is -0.0614. The number of nitrogens with one attached hydrogen (secondary N) is 1. The number of hydrogen-bond acceptors (Lipinski definition) is 4. The second-order valence-corrected chi connectivity index (χ2v) is 6.15. The molecule has 1 atom stereocenters. The molecule has 1 aliphatic heterocycles. The topological polar surface area (TPSA) is 50.7 Å². The molecule has 3 rings (SSSR count). The van der Waals surface area contributed by atoms with Crippen molar-refractivity contribution in [1.29, 1.82) is 0 Å². The van der Waals surface area contributed by atoms with Gasteiger partial charge in [0.1, 0.15) is 0 Å². The maximum atomic E-state index is 10.1. The van der Waals surface area contributed by atoms with Crippen molar-refractivity contribution in [3.8, 4) is 0 Å². The Labute approximate surface area is 126 Å². The predicted octanol–water partition coefficient (Wildman–Crippen LogP) is 1.82. The highest BCUT2D eigenvalue weighted by Crippen LogP contribution is 2.29. The summed E-state index contributed by atoms with van der Waals surface area (Å²) < 4.78 is 11.5. The molecule has 1 aromatic carbocycles. The van der Waals surface area contributed by atoms with Gasteiger partial charge in [-0.2, -0.15) is 0 Å². The molecule has 0 aromatic heterocycles. The number of ether oxygens (including phenoxy) is 2. The Kier molecular flexibility index (Phi) is 4.91. The fourth-order valence-electron chi connectivity index (χ4n) is 2.87. The van der Waals surface area contributed by atoms with Crippen LogP contribution in [-0.2, 0) is 15.0 Å². The molecule has 1 unspecified atom stereocenters. The highest BCUT2D eigenvalue weighted by Gasteiger charge is 2.38. The summed E-state index contributed by atoms with van der Waals surface area (Å²) in [4.78, 5) is 0. The van der Waals surface area contributed by atoms with Gasteiger partial charge >= 0.3 is 0 Å². The molecule has 0 bridgehead atoms.